The standard InChI is InChI=1S/C24H24F3NO3/c1-29-23-17-21(30-19-10-12-20(13-11-19)31-24(25,26)27)14-15-22(23)28-16-6-5-9-18-7-3-2-4-8-18/h2-4,7-8,10-15,17,28H,5-6,9,16H2,1H3. The maximum atomic E-state index is 12.2. The number of ether oxygens (including phenoxy) is 3. The van der Waals surface area contributed by atoms with Crippen LogP contribution in [0.2, 0.25) is 0 Å². The fraction of sp³-hybridized carbons (Fsp3) is 0.250. The lowest BCUT2D eigenvalue weighted by Crippen LogP contribution is -2.16. The van der Waals surface area contributed by atoms with Crippen molar-refractivity contribution in [2.45, 2.75) is 25.6 Å². The monoisotopic (exact) mass is 431 g/mol. The first-order valence-electron chi connectivity index (χ1n) is 9.92. The van der Waals surface area contributed by atoms with E-state index in [4.69, 9.17) is 9.47 Å². The molecule has 164 valence electrons. The highest BCUT2D eigenvalue weighted by molar-refractivity contribution is 5.59. The summed E-state index contributed by atoms with van der Waals surface area (Å²) in [4.78, 5) is 0. The van der Waals surface area contributed by atoms with Gasteiger partial charge in [-0.05, 0) is 61.2 Å². The van der Waals surface area contributed by atoms with E-state index in [-0.39, 0.29) is 5.75 Å². The Kier molecular flexibility index (Phi) is 7.65. The molecule has 0 radical (unpaired) electrons. The zero-order chi connectivity index (χ0) is 22.1. The molecule has 4 nitrogen and oxygen atoms in total. The Morgan fingerprint density at radius 1 is 0.806 bits per heavy atom. The van der Waals surface area contributed by atoms with E-state index >= 15 is 0 Å². The van der Waals surface area contributed by atoms with Crippen LogP contribution in [-0.2, 0) is 6.42 Å². The average Bonchev–Trinajstić information content (AvgIpc) is 2.75. The highest BCUT2D eigenvalue weighted by Crippen LogP contribution is 2.33. The highest BCUT2D eigenvalue weighted by atomic mass is 19.4. The second kappa shape index (κ2) is 10.6. The number of benzene rings is 3. The van der Waals surface area contributed by atoms with Gasteiger partial charge >= 0.3 is 6.36 Å². The Balaban J connectivity index is 1.51. The quantitative estimate of drug-likeness (QED) is 0.358. The topological polar surface area (TPSA) is 39.7 Å². The molecule has 0 aliphatic rings. The lowest BCUT2D eigenvalue weighted by molar-refractivity contribution is -0.274. The third kappa shape index (κ3) is 7.44. The summed E-state index contributed by atoms with van der Waals surface area (Å²) in [6, 6.07) is 20.9. The summed E-state index contributed by atoms with van der Waals surface area (Å²) >= 11 is 0. The summed E-state index contributed by atoms with van der Waals surface area (Å²) in [5, 5.41) is 3.37. The minimum absolute atomic E-state index is 0.302. The smallest absolute Gasteiger partial charge is 0.494 e. The number of alkyl halides is 3. The Morgan fingerprint density at radius 3 is 2.16 bits per heavy atom. The third-order valence-electron chi connectivity index (χ3n) is 4.52. The summed E-state index contributed by atoms with van der Waals surface area (Å²) in [6.07, 6.45) is -1.59. The number of aryl methyl sites for hydroxylation is 1. The van der Waals surface area contributed by atoms with Crippen molar-refractivity contribution in [2.24, 2.45) is 0 Å². The van der Waals surface area contributed by atoms with Crippen LogP contribution in [0, 0.1) is 0 Å². The molecule has 0 saturated carbocycles. The Bertz CT molecular complexity index is 945. The van der Waals surface area contributed by atoms with Gasteiger partial charge in [-0.1, -0.05) is 30.3 Å². The first kappa shape index (κ1) is 22.3. The summed E-state index contributed by atoms with van der Waals surface area (Å²) in [7, 11) is 1.57. The predicted octanol–water partition coefficient (Wildman–Crippen LogP) is 6.82. The Labute approximate surface area is 179 Å². The second-order valence-corrected chi connectivity index (χ2v) is 6.85. The number of hydrogen-bond acceptors (Lipinski definition) is 4. The molecule has 0 heterocycles. The van der Waals surface area contributed by atoms with E-state index in [0.717, 1.165) is 31.5 Å². The zero-order valence-electron chi connectivity index (χ0n) is 17.1. The van der Waals surface area contributed by atoms with Crippen molar-refractivity contribution in [3.8, 4) is 23.0 Å². The fourth-order valence-electron chi connectivity index (χ4n) is 3.05. The molecule has 0 aliphatic carbocycles. The summed E-state index contributed by atoms with van der Waals surface area (Å²) in [6.45, 7) is 0.810. The van der Waals surface area contributed by atoms with Gasteiger partial charge in [-0.2, -0.15) is 0 Å². The number of methoxy groups -OCH3 is 1. The van der Waals surface area contributed by atoms with Crippen LogP contribution in [-0.4, -0.2) is 20.0 Å². The minimum atomic E-state index is -4.72. The number of halogens is 3. The van der Waals surface area contributed by atoms with Crippen LogP contribution in [0.3, 0.4) is 0 Å². The molecule has 3 aromatic carbocycles. The van der Waals surface area contributed by atoms with E-state index in [2.05, 4.69) is 22.2 Å². The van der Waals surface area contributed by atoms with E-state index < -0.39 is 6.36 Å². The lowest BCUT2D eigenvalue weighted by atomic mass is 10.1. The molecule has 0 unspecified atom stereocenters. The van der Waals surface area contributed by atoms with Gasteiger partial charge < -0.3 is 19.5 Å². The molecular formula is C24H24F3NO3. The van der Waals surface area contributed by atoms with Crippen molar-refractivity contribution in [1.82, 2.24) is 0 Å². The van der Waals surface area contributed by atoms with Gasteiger partial charge in [0.25, 0.3) is 0 Å². The van der Waals surface area contributed by atoms with Gasteiger partial charge in [0, 0.05) is 12.6 Å². The first-order chi connectivity index (χ1) is 14.9. The molecule has 0 fully saturated rings. The van der Waals surface area contributed by atoms with Crippen LogP contribution in [0.1, 0.15) is 18.4 Å². The van der Waals surface area contributed by atoms with Crippen molar-refractivity contribution in [2.75, 3.05) is 19.0 Å². The van der Waals surface area contributed by atoms with Crippen LogP contribution in [0.5, 0.6) is 23.0 Å². The zero-order valence-corrected chi connectivity index (χ0v) is 17.1. The molecule has 0 aliphatic heterocycles. The largest absolute Gasteiger partial charge is 0.573 e. The highest BCUT2D eigenvalue weighted by Gasteiger charge is 2.30. The van der Waals surface area contributed by atoms with E-state index in [1.807, 2.05) is 24.3 Å². The normalized spacial score (nSPS) is 11.1. The van der Waals surface area contributed by atoms with Crippen LogP contribution in [0.15, 0.2) is 72.8 Å². The maximum Gasteiger partial charge on any atom is 0.573 e. The summed E-state index contributed by atoms with van der Waals surface area (Å²) in [5.74, 6) is 1.22. The molecule has 3 rings (SSSR count). The lowest BCUT2D eigenvalue weighted by Gasteiger charge is -2.14. The molecule has 3 aromatic rings. The minimum Gasteiger partial charge on any atom is -0.494 e. The van der Waals surface area contributed by atoms with E-state index in [0.29, 0.717) is 17.2 Å². The van der Waals surface area contributed by atoms with Crippen molar-refractivity contribution < 1.29 is 27.4 Å². The molecule has 0 amide bonds. The molecule has 0 saturated heterocycles. The molecule has 0 aromatic heterocycles. The van der Waals surface area contributed by atoms with E-state index in [1.165, 1.54) is 29.8 Å². The van der Waals surface area contributed by atoms with Gasteiger partial charge in [0.15, 0.2) is 0 Å². The SMILES string of the molecule is COc1cc(Oc2ccc(OC(F)(F)F)cc2)ccc1NCCCCc1ccccc1. The van der Waals surface area contributed by atoms with Crippen LogP contribution in [0.25, 0.3) is 0 Å². The van der Waals surface area contributed by atoms with Gasteiger partial charge in [0.1, 0.15) is 23.0 Å². The fourth-order valence-corrected chi connectivity index (χ4v) is 3.05. The molecule has 31 heavy (non-hydrogen) atoms. The molecule has 0 spiro atoms. The van der Waals surface area contributed by atoms with Crippen LogP contribution >= 0.6 is 0 Å². The van der Waals surface area contributed by atoms with Crippen molar-refractivity contribution in [3.05, 3.63) is 78.4 Å². The predicted molar refractivity (Wildman–Crippen MR) is 114 cm³/mol. The average molecular weight is 431 g/mol. The molecule has 7 heteroatoms. The van der Waals surface area contributed by atoms with Crippen molar-refractivity contribution in [3.63, 3.8) is 0 Å². The van der Waals surface area contributed by atoms with Gasteiger partial charge in [0.05, 0.1) is 12.8 Å². The van der Waals surface area contributed by atoms with Crippen LogP contribution < -0.4 is 19.5 Å². The van der Waals surface area contributed by atoms with E-state index in [9.17, 15) is 13.2 Å². The molecule has 1 N–H and O–H groups in total. The Hall–Kier alpha value is -3.35. The van der Waals surface area contributed by atoms with Gasteiger partial charge in [-0.25, -0.2) is 0 Å². The Morgan fingerprint density at radius 2 is 1.48 bits per heavy atom. The first-order valence-corrected chi connectivity index (χ1v) is 9.92. The van der Waals surface area contributed by atoms with Crippen LogP contribution in [0.4, 0.5) is 18.9 Å². The van der Waals surface area contributed by atoms with Gasteiger partial charge in [-0.15, -0.1) is 13.2 Å². The molecule has 0 bridgehead atoms. The number of anilines is 1. The number of hydrogen-bond donors (Lipinski definition) is 1. The second-order valence-electron chi connectivity index (χ2n) is 6.85. The number of nitrogens with one attached hydrogen (secondary N) is 1. The van der Waals surface area contributed by atoms with Gasteiger partial charge in [-0.3, -0.25) is 0 Å². The molecule has 0 atom stereocenters. The molecular weight excluding hydrogens is 407 g/mol. The van der Waals surface area contributed by atoms with E-state index in [1.54, 1.807) is 19.2 Å². The summed E-state index contributed by atoms with van der Waals surface area (Å²) < 4.78 is 51.7. The van der Waals surface area contributed by atoms with Crippen molar-refractivity contribution in [1.29, 1.82) is 0 Å². The maximum absolute atomic E-state index is 12.2. The third-order valence-corrected chi connectivity index (χ3v) is 4.52. The van der Waals surface area contributed by atoms with Crippen molar-refractivity contribution >= 4 is 5.69 Å². The number of unbranched alkanes of at least 4 members (excludes halogenated alkanes) is 1. The van der Waals surface area contributed by atoms with Gasteiger partial charge in [0.2, 0.25) is 0 Å². The number of rotatable bonds is 10. The summed E-state index contributed by atoms with van der Waals surface area (Å²) in [5.41, 5.74) is 2.18.